The van der Waals surface area contributed by atoms with Gasteiger partial charge in [0, 0.05) is 30.1 Å². The minimum absolute atomic E-state index is 0.0831. The number of aromatic nitrogens is 2. The van der Waals surface area contributed by atoms with Gasteiger partial charge in [0.1, 0.15) is 5.82 Å². The molecular formula is C26H29FN4O2. The van der Waals surface area contributed by atoms with E-state index < -0.39 is 0 Å². The molecule has 2 unspecified atom stereocenters. The van der Waals surface area contributed by atoms with Crippen LogP contribution in [-0.2, 0) is 11.3 Å². The summed E-state index contributed by atoms with van der Waals surface area (Å²) in [4.78, 5) is 15.8. The third-order valence-corrected chi connectivity index (χ3v) is 7.53. The van der Waals surface area contributed by atoms with Gasteiger partial charge in [-0.2, -0.15) is 5.10 Å². The first-order valence-electron chi connectivity index (χ1n) is 12.0. The van der Waals surface area contributed by atoms with Gasteiger partial charge in [-0.1, -0.05) is 30.3 Å². The number of hydrogen-bond donors (Lipinski definition) is 1. The smallest absolute Gasteiger partial charge is 0.272 e. The molecule has 33 heavy (non-hydrogen) atoms. The number of benzene rings is 2. The first-order valence-corrected chi connectivity index (χ1v) is 12.0. The third kappa shape index (κ3) is 3.93. The number of carbonyl (C=O) groups is 1. The van der Waals surface area contributed by atoms with Crippen LogP contribution in [0.3, 0.4) is 0 Å². The molecular weight excluding hydrogens is 419 g/mol. The molecule has 1 N–H and O–H groups in total. The summed E-state index contributed by atoms with van der Waals surface area (Å²) in [6.07, 6.45) is 5.16. The maximum atomic E-state index is 13.3. The normalized spacial score (nSPS) is 25.7. The molecule has 1 amide bonds. The SMILES string of the molecule is O=C(NC1CC2COCC(C1)N2Cc1ccc(F)cc1)c1nn(C2CCC2)c2ccccc12. The number of amides is 1. The zero-order valence-corrected chi connectivity index (χ0v) is 18.6. The number of morpholine rings is 1. The Kier molecular flexibility index (Phi) is 5.38. The van der Waals surface area contributed by atoms with E-state index in [0.717, 1.165) is 48.7 Å². The zero-order chi connectivity index (χ0) is 22.4. The van der Waals surface area contributed by atoms with Crippen LogP contribution >= 0.6 is 0 Å². The number of hydrogen-bond acceptors (Lipinski definition) is 4. The molecule has 2 aliphatic heterocycles. The maximum absolute atomic E-state index is 13.3. The highest BCUT2D eigenvalue weighted by Crippen LogP contribution is 2.35. The van der Waals surface area contributed by atoms with Crippen LogP contribution in [0.2, 0.25) is 0 Å². The monoisotopic (exact) mass is 448 g/mol. The van der Waals surface area contributed by atoms with Crippen molar-refractivity contribution in [3.63, 3.8) is 0 Å². The van der Waals surface area contributed by atoms with E-state index in [9.17, 15) is 9.18 Å². The van der Waals surface area contributed by atoms with E-state index >= 15 is 0 Å². The van der Waals surface area contributed by atoms with E-state index in [2.05, 4.69) is 21.0 Å². The van der Waals surface area contributed by atoms with Gasteiger partial charge >= 0.3 is 0 Å². The molecule has 6 nitrogen and oxygen atoms in total. The summed E-state index contributed by atoms with van der Waals surface area (Å²) in [6, 6.07) is 15.7. The topological polar surface area (TPSA) is 59.4 Å². The van der Waals surface area contributed by atoms with Crippen molar-refractivity contribution in [2.24, 2.45) is 0 Å². The van der Waals surface area contributed by atoms with Crippen molar-refractivity contribution < 1.29 is 13.9 Å². The van der Waals surface area contributed by atoms with E-state index in [0.29, 0.717) is 24.9 Å². The highest BCUT2D eigenvalue weighted by Gasteiger charge is 2.39. The molecule has 3 fully saturated rings. The summed E-state index contributed by atoms with van der Waals surface area (Å²) in [7, 11) is 0. The number of piperidine rings is 1. The highest BCUT2D eigenvalue weighted by molar-refractivity contribution is 6.05. The number of nitrogens with one attached hydrogen (secondary N) is 1. The average molecular weight is 449 g/mol. The molecule has 172 valence electrons. The van der Waals surface area contributed by atoms with Gasteiger partial charge in [-0.3, -0.25) is 14.4 Å². The molecule has 2 bridgehead atoms. The molecule has 1 aromatic heterocycles. The first-order chi connectivity index (χ1) is 16.2. The Morgan fingerprint density at radius 2 is 1.76 bits per heavy atom. The lowest BCUT2D eigenvalue weighted by Crippen LogP contribution is -2.60. The van der Waals surface area contributed by atoms with Crippen LogP contribution in [0.1, 0.15) is 54.2 Å². The molecule has 2 atom stereocenters. The van der Waals surface area contributed by atoms with Gasteiger partial charge in [0.15, 0.2) is 5.69 Å². The third-order valence-electron chi connectivity index (χ3n) is 7.53. The van der Waals surface area contributed by atoms with Crippen LogP contribution in [0.4, 0.5) is 4.39 Å². The van der Waals surface area contributed by atoms with Crippen molar-refractivity contribution in [1.29, 1.82) is 0 Å². The van der Waals surface area contributed by atoms with Gasteiger partial charge in [0.2, 0.25) is 0 Å². The number of ether oxygens (including phenoxy) is 1. The molecule has 6 rings (SSSR count). The quantitative estimate of drug-likeness (QED) is 0.640. The van der Waals surface area contributed by atoms with Crippen LogP contribution in [-0.4, -0.2) is 51.9 Å². The largest absolute Gasteiger partial charge is 0.378 e. The Hall–Kier alpha value is -2.77. The van der Waals surface area contributed by atoms with Crippen LogP contribution < -0.4 is 5.32 Å². The number of rotatable bonds is 5. The van der Waals surface area contributed by atoms with Crippen molar-refractivity contribution in [2.45, 2.75) is 62.8 Å². The summed E-state index contributed by atoms with van der Waals surface area (Å²) in [5.74, 6) is -0.295. The molecule has 3 heterocycles. The number of carbonyl (C=O) groups excluding carboxylic acids is 1. The second kappa shape index (κ2) is 8.54. The predicted molar refractivity (Wildman–Crippen MR) is 123 cm³/mol. The maximum Gasteiger partial charge on any atom is 0.272 e. The Labute approximate surface area is 192 Å². The molecule has 3 aromatic rings. The van der Waals surface area contributed by atoms with Crippen LogP contribution in [0.5, 0.6) is 0 Å². The van der Waals surface area contributed by atoms with E-state index in [1.807, 2.05) is 30.3 Å². The van der Waals surface area contributed by atoms with Crippen molar-refractivity contribution in [3.8, 4) is 0 Å². The van der Waals surface area contributed by atoms with Crippen LogP contribution in [0.15, 0.2) is 48.5 Å². The Bertz CT molecular complexity index is 1140. The fraction of sp³-hybridized carbons (Fsp3) is 0.462. The summed E-state index contributed by atoms with van der Waals surface area (Å²) >= 11 is 0. The lowest BCUT2D eigenvalue weighted by atomic mass is 9.89. The van der Waals surface area contributed by atoms with Gasteiger partial charge < -0.3 is 10.1 Å². The molecule has 2 saturated heterocycles. The van der Waals surface area contributed by atoms with Gasteiger partial charge in [0.05, 0.1) is 24.8 Å². The van der Waals surface area contributed by atoms with Crippen molar-refractivity contribution in [2.75, 3.05) is 13.2 Å². The summed E-state index contributed by atoms with van der Waals surface area (Å²) in [5.41, 5.74) is 2.68. The predicted octanol–water partition coefficient (Wildman–Crippen LogP) is 4.06. The van der Waals surface area contributed by atoms with Crippen LogP contribution in [0.25, 0.3) is 10.9 Å². The van der Waals surface area contributed by atoms with Crippen LogP contribution in [0, 0.1) is 5.82 Å². The van der Waals surface area contributed by atoms with Crippen molar-refractivity contribution in [1.82, 2.24) is 20.0 Å². The second-order valence-electron chi connectivity index (χ2n) is 9.68. The minimum Gasteiger partial charge on any atom is -0.378 e. The minimum atomic E-state index is -0.212. The lowest BCUT2D eigenvalue weighted by Gasteiger charge is -2.48. The number of halogens is 1. The molecule has 3 aliphatic rings. The van der Waals surface area contributed by atoms with E-state index in [-0.39, 0.29) is 29.8 Å². The molecule has 0 radical (unpaired) electrons. The average Bonchev–Trinajstić information content (AvgIpc) is 3.14. The fourth-order valence-electron chi connectivity index (χ4n) is 5.59. The number of para-hydroxylation sites is 1. The standard InChI is InChI=1S/C26H29FN4O2/c27-18-10-8-17(9-11-18)14-30-21-12-19(13-22(30)16-33-15-21)28-26(32)25-23-6-1-2-7-24(23)31(29-25)20-4-3-5-20/h1-2,6-11,19-22H,3-5,12-16H2,(H,28,32). The van der Waals surface area contributed by atoms with E-state index in [1.54, 1.807) is 0 Å². The zero-order valence-electron chi connectivity index (χ0n) is 18.6. The molecule has 1 saturated carbocycles. The van der Waals surface area contributed by atoms with E-state index in [1.165, 1.54) is 18.6 Å². The second-order valence-corrected chi connectivity index (χ2v) is 9.68. The molecule has 0 spiro atoms. The van der Waals surface area contributed by atoms with Gasteiger partial charge in [-0.15, -0.1) is 0 Å². The van der Waals surface area contributed by atoms with Gasteiger partial charge in [-0.05, 0) is 55.9 Å². The molecule has 7 heteroatoms. The highest BCUT2D eigenvalue weighted by atomic mass is 19.1. The first kappa shape index (κ1) is 20.8. The van der Waals surface area contributed by atoms with Crippen molar-refractivity contribution in [3.05, 3.63) is 65.6 Å². The summed E-state index contributed by atoms with van der Waals surface area (Å²) in [5, 5.41) is 8.99. The number of fused-ring (bicyclic) bond motifs is 3. The number of nitrogens with zero attached hydrogens (tertiary/aromatic N) is 3. The van der Waals surface area contributed by atoms with Gasteiger partial charge in [-0.25, -0.2) is 4.39 Å². The van der Waals surface area contributed by atoms with Gasteiger partial charge in [0.25, 0.3) is 5.91 Å². The fourth-order valence-corrected chi connectivity index (χ4v) is 5.59. The lowest BCUT2D eigenvalue weighted by molar-refractivity contribution is -0.0843. The molecule has 2 aromatic carbocycles. The van der Waals surface area contributed by atoms with E-state index in [4.69, 9.17) is 9.84 Å². The Balaban J connectivity index is 1.18. The summed E-state index contributed by atoms with van der Waals surface area (Å²) in [6.45, 7) is 2.09. The Morgan fingerprint density at radius 3 is 2.45 bits per heavy atom. The molecule has 1 aliphatic carbocycles. The summed E-state index contributed by atoms with van der Waals surface area (Å²) < 4.78 is 21.2. The van der Waals surface area contributed by atoms with Crippen molar-refractivity contribution >= 4 is 16.8 Å². The Morgan fingerprint density at radius 1 is 1.03 bits per heavy atom.